The Morgan fingerprint density at radius 3 is 2.54 bits per heavy atom. The van der Waals surface area contributed by atoms with E-state index in [2.05, 4.69) is 21.2 Å². The maximum atomic E-state index is 14.6. The average Bonchev–Trinajstić information content (AvgIpc) is 3.37. The first-order valence-electron chi connectivity index (χ1n) is 13.1. The molecular formula is C32H27BrFNO6. The second-order valence-corrected chi connectivity index (χ2v) is 11.1. The van der Waals surface area contributed by atoms with Gasteiger partial charge in [0, 0.05) is 22.5 Å². The van der Waals surface area contributed by atoms with Crippen molar-refractivity contribution in [3.05, 3.63) is 124 Å². The van der Waals surface area contributed by atoms with Crippen molar-refractivity contribution in [2.45, 2.75) is 36.2 Å². The van der Waals surface area contributed by atoms with Crippen LogP contribution in [0.5, 0.6) is 17.2 Å². The first-order valence-corrected chi connectivity index (χ1v) is 13.9. The normalized spacial score (nSPS) is 24.2. The number of phenols is 1. The number of benzene rings is 4. The number of amides is 1. The summed E-state index contributed by atoms with van der Waals surface area (Å²) in [4.78, 5) is 13.1. The molecule has 4 aromatic carbocycles. The lowest BCUT2D eigenvalue weighted by molar-refractivity contribution is -0.117. The van der Waals surface area contributed by atoms with Crippen LogP contribution < -0.4 is 14.8 Å². The van der Waals surface area contributed by atoms with E-state index in [-0.39, 0.29) is 30.1 Å². The molecule has 1 heterocycles. The molecule has 41 heavy (non-hydrogen) atoms. The third-order valence-electron chi connectivity index (χ3n) is 8.00. The van der Waals surface area contributed by atoms with E-state index in [4.69, 9.17) is 14.2 Å². The zero-order valence-electron chi connectivity index (χ0n) is 22.0. The van der Waals surface area contributed by atoms with Crippen LogP contribution in [0.4, 0.5) is 9.18 Å². The van der Waals surface area contributed by atoms with Gasteiger partial charge in [-0.05, 0) is 47.4 Å². The predicted molar refractivity (Wildman–Crippen MR) is 152 cm³/mol. The van der Waals surface area contributed by atoms with Crippen molar-refractivity contribution in [2.75, 3.05) is 7.11 Å². The van der Waals surface area contributed by atoms with Crippen molar-refractivity contribution >= 4 is 22.0 Å². The molecule has 0 spiro atoms. The second-order valence-electron chi connectivity index (χ2n) is 10.2. The lowest BCUT2D eigenvalue weighted by atomic mass is 9.71. The number of nitrogens with one attached hydrogen (secondary N) is 1. The van der Waals surface area contributed by atoms with Gasteiger partial charge in [0.1, 0.15) is 29.7 Å². The van der Waals surface area contributed by atoms with Gasteiger partial charge >= 0.3 is 6.09 Å². The Labute approximate surface area is 244 Å². The highest BCUT2D eigenvalue weighted by Gasteiger charge is 2.74. The zero-order valence-corrected chi connectivity index (χ0v) is 23.6. The summed E-state index contributed by atoms with van der Waals surface area (Å²) in [7, 11) is 1.46. The molecule has 9 heteroatoms. The summed E-state index contributed by atoms with van der Waals surface area (Å²) in [5.74, 6) is -0.842. The van der Waals surface area contributed by atoms with Crippen molar-refractivity contribution in [3.8, 4) is 17.2 Å². The van der Waals surface area contributed by atoms with E-state index in [1.54, 1.807) is 30.3 Å². The molecule has 1 amide bonds. The van der Waals surface area contributed by atoms with Crippen LogP contribution in [0.25, 0.3) is 0 Å². The molecule has 6 rings (SSSR count). The van der Waals surface area contributed by atoms with Crippen LogP contribution in [0.1, 0.15) is 34.6 Å². The molecular weight excluding hydrogens is 593 g/mol. The summed E-state index contributed by atoms with van der Waals surface area (Å²) in [6.07, 6.45) is -0.597. The summed E-state index contributed by atoms with van der Waals surface area (Å²) in [5.41, 5.74) is -1.51. The van der Waals surface area contributed by atoms with E-state index in [1.807, 2.05) is 42.5 Å². The number of aliphatic hydroxyl groups is 1. The van der Waals surface area contributed by atoms with Crippen LogP contribution >= 0.6 is 15.9 Å². The molecule has 4 atom stereocenters. The number of phenolic OH excluding ortho intramolecular Hbond substituents is 1. The Morgan fingerprint density at radius 1 is 1.07 bits per heavy atom. The van der Waals surface area contributed by atoms with E-state index in [9.17, 15) is 19.4 Å². The highest BCUT2D eigenvalue weighted by molar-refractivity contribution is 9.10. The minimum Gasteiger partial charge on any atom is -0.507 e. The lowest BCUT2D eigenvalue weighted by Crippen LogP contribution is -2.56. The Bertz CT molecular complexity index is 1600. The van der Waals surface area contributed by atoms with E-state index in [1.165, 1.54) is 25.3 Å². The quantitative estimate of drug-likeness (QED) is 0.236. The molecule has 1 fully saturated rings. The highest BCUT2D eigenvalue weighted by Crippen LogP contribution is 2.68. The maximum absolute atomic E-state index is 14.6. The van der Waals surface area contributed by atoms with Crippen LogP contribution in [-0.2, 0) is 22.5 Å². The molecule has 0 saturated heterocycles. The van der Waals surface area contributed by atoms with Crippen LogP contribution in [0.3, 0.4) is 0 Å². The number of hydrogen-bond acceptors (Lipinski definition) is 6. The zero-order chi connectivity index (χ0) is 28.8. The Hall–Kier alpha value is -4.08. The van der Waals surface area contributed by atoms with E-state index < -0.39 is 35.1 Å². The van der Waals surface area contributed by atoms with Crippen molar-refractivity contribution < 1.29 is 33.6 Å². The molecule has 210 valence electrons. The molecule has 1 aliphatic carbocycles. The number of carbonyl (C=O) groups excluding carboxylic acids is 1. The number of alkyl carbamates (subject to hydrolysis) is 1. The summed E-state index contributed by atoms with van der Waals surface area (Å²) < 4.78 is 32.9. The molecule has 0 radical (unpaired) electrons. The summed E-state index contributed by atoms with van der Waals surface area (Å²) >= 11 is 3.46. The fraction of sp³-hybridized carbons (Fsp3) is 0.219. The fourth-order valence-electron chi connectivity index (χ4n) is 6.28. The lowest BCUT2D eigenvalue weighted by Gasteiger charge is -2.41. The SMILES string of the molecule is COc1cc(O)c2c(c1)OC1(c3ccc(Br)cc3)C(c3cccc(F)c3)CC(NC(=O)OCc3ccccc3)C21O. The Kier molecular flexibility index (Phi) is 6.87. The smallest absolute Gasteiger partial charge is 0.407 e. The summed E-state index contributed by atoms with van der Waals surface area (Å²) in [6.45, 7) is 0.0263. The molecule has 4 aromatic rings. The maximum Gasteiger partial charge on any atom is 0.407 e. The topological polar surface area (TPSA) is 97.2 Å². The van der Waals surface area contributed by atoms with Gasteiger partial charge in [-0.1, -0.05) is 70.5 Å². The number of aromatic hydroxyl groups is 1. The molecule has 7 nitrogen and oxygen atoms in total. The second kappa shape index (κ2) is 10.4. The number of methoxy groups -OCH3 is 1. The van der Waals surface area contributed by atoms with Gasteiger partial charge in [0.05, 0.1) is 18.7 Å². The van der Waals surface area contributed by atoms with Gasteiger partial charge in [0.25, 0.3) is 0 Å². The summed E-state index contributed by atoms with van der Waals surface area (Å²) in [5, 5.41) is 27.0. The van der Waals surface area contributed by atoms with Crippen molar-refractivity contribution in [1.82, 2.24) is 5.32 Å². The first-order chi connectivity index (χ1) is 19.8. The average molecular weight is 620 g/mol. The van der Waals surface area contributed by atoms with E-state index >= 15 is 0 Å². The molecule has 1 saturated carbocycles. The highest BCUT2D eigenvalue weighted by atomic mass is 79.9. The van der Waals surface area contributed by atoms with Crippen molar-refractivity contribution in [1.29, 1.82) is 0 Å². The molecule has 4 unspecified atom stereocenters. The molecule has 2 aliphatic rings. The summed E-state index contributed by atoms with van der Waals surface area (Å²) in [6, 6.07) is 24.5. The Morgan fingerprint density at radius 2 is 1.83 bits per heavy atom. The van der Waals surface area contributed by atoms with Crippen LogP contribution in [0.15, 0.2) is 95.5 Å². The third-order valence-corrected chi connectivity index (χ3v) is 8.53. The van der Waals surface area contributed by atoms with Crippen LogP contribution in [-0.4, -0.2) is 29.5 Å². The molecule has 0 aromatic heterocycles. The van der Waals surface area contributed by atoms with Crippen molar-refractivity contribution in [3.63, 3.8) is 0 Å². The number of rotatable bonds is 6. The van der Waals surface area contributed by atoms with Crippen molar-refractivity contribution in [2.24, 2.45) is 0 Å². The van der Waals surface area contributed by atoms with Gasteiger partial charge in [-0.25, -0.2) is 9.18 Å². The van der Waals surface area contributed by atoms with Gasteiger partial charge in [0.2, 0.25) is 0 Å². The Balaban J connectivity index is 1.50. The number of fused-ring (bicyclic) bond motifs is 3. The van der Waals surface area contributed by atoms with Gasteiger partial charge in [-0.3, -0.25) is 0 Å². The number of ether oxygens (including phenoxy) is 3. The number of halogens is 2. The predicted octanol–water partition coefficient (Wildman–Crippen LogP) is 6.26. The molecule has 0 bridgehead atoms. The van der Waals surface area contributed by atoms with Gasteiger partial charge in [-0.2, -0.15) is 0 Å². The molecule has 1 aliphatic heterocycles. The largest absolute Gasteiger partial charge is 0.507 e. The number of hydrogen-bond donors (Lipinski definition) is 3. The molecule has 3 N–H and O–H groups in total. The van der Waals surface area contributed by atoms with E-state index in [0.29, 0.717) is 16.9 Å². The van der Waals surface area contributed by atoms with Crippen LogP contribution in [0.2, 0.25) is 0 Å². The van der Waals surface area contributed by atoms with E-state index in [0.717, 1.165) is 10.0 Å². The number of carbonyl (C=O) groups is 1. The van der Waals surface area contributed by atoms with Gasteiger partial charge < -0.3 is 29.7 Å². The first kappa shape index (κ1) is 27.1. The minimum atomic E-state index is -1.99. The third kappa shape index (κ3) is 4.40. The standard InChI is InChI=1S/C32H27BrFNO6/c1-39-24-15-26(36)29-27(16-24)41-32(21-10-12-22(33)13-11-21)25(20-8-5-9-23(34)14-20)17-28(31(29,32)38)35-30(37)40-18-19-6-3-2-4-7-19/h2-16,25,28,36,38H,17-18H2,1H3,(H,35,37). The van der Waals surface area contributed by atoms with Crippen LogP contribution in [0, 0.1) is 5.82 Å². The van der Waals surface area contributed by atoms with Gasteiger partial charge in [-0.15, -0.1) is 0 Å². The monoisotopic (exact) mass is 619 g/mol. The minimum absolute atomic E-state index is 0.0263. The fourth-order valence-corrected chi connectivity index (χ4v) is 6.54. The van der Waals surface area contributed by atoms with Gasteiger partial charge in [0.15, 0.2) is 11.2 Å².